The Hall–Kier alpha value is -2.83. The van der Waals surface area contributed by atoms with Crippen LogP contribution in [0.3, 0.4) is 0 Å². The molecule has 1 saturated heterocycles. The lowest BCUT2D eigenvalue weighted by atomic mass is 10.0. The minimum Gasteiger partial charge on any atom is -0.497 e. The van der Waals surface area contributed by atoms with E-state index in [2.05, 4.69) is 26.5 Å². The molecule has 0 saturated carbocycles. The molecule has 1 atom stereocenters. The molecule has 30 heavy (non-hydrogen) atoms. The van der Waals surface area contributed by atoms with E-state index in [9.17, 15) is 4.79 Å². The molecule has 1 fully saturated rings. The Morgan fingerprint density at radius 3 is 2.73 bits per heavy atom. The molecule has 2 N–H and O–H groups in total. The number of carbonyl (C=O) groups excluding carboxylic acids is 1. The number of methoxy groups -OCH3 is 1. The maximum Gasteiger partial charge on any atom is 0.255 e. The lowest BCUT2D eigenvalue weighted by molar-refractivity contribution is 0.0938. The third kappa shape index (κ3) is 4.50. The Balaban J connectivity index is 1.52. The molecule has 1 aliphatic heterocycles. The molecule has 0 radical (unpaired) electrons. The highest BCUT2D eigenvalue weighted by atomic mass is 35.5. The lowest BCUT2D eigenvalue weighted by Crippen LogP contribution is -2.36. The van der Waals surface area contributed by atoms with Gasteiger partial charge in [-0.05, 0) is 55.8 Å². The number of likely N-dealkylation sites (tertiary alicyclic amines) is 1. The molecule has 6 nitrogen and oxygen atoms in total. The highest BCUT2D eigenvalue weighted by Crippen LogP contribution is 2.28. The van der Waals surface area contributed by atoms with Gasteiger partial charge in [-0.3, -0.25) is 14.8 Å². The molecular formula is C23H25ClN4O2. The first-order valence-electron chi connectivity index (χ1n) is 10.1. The number of nitrogens with zero attached hydrogens (tertiary/aromatic N) is 2. The molecule has 3 aromatic rings. The van der Waals surface area contributed by atoms with Gasteiger partial charge in [-0.1, -0.05) is 35.9 Å². The fraction of sp³-hybridized carbons (Fsp3) is 0.304. The molecule has 0 unspecified atom stereocenters. The Kier molecular flexibility index (Phi) is 6.35. The summed E-state index contributed by atoms with van der Waals surface area (Å²) >= 11 is 5.98. The number of nitrogens with one attached hydrogen (secondary N) is 2. The molecule has 1 aromatic heterocycles. The first-order valence-corrected chi connectivity index (χ1v) is 10.5. The van der Waals surface area contributed by atoms with Crippen LogP contribution in [0, 0.1) is 0 Å². The summed E-state index contributed by atoms with van der Waals surface area (Å²) in [7, 11) is 1.67. The third-order valence-corrected chi connectivity index (χ3v) is 5.78. The zero-order chi connectivity index (χ0) is 20.9. The van der Waals surface area contributed by atoms with Crippen molar-refractivity contribution in [2.45, 2.75) is 18.9 Å². The molecule has 1 amide bonds. The minimum atomic E-state index is -0.152. The standard InChI is InChI=1S/C23H25ClN4O2/c1-30-19-6-4-5-17(13-19)21(28-11-2-3-12-28)15-25-23(29)20-14-26-27-22(20)16-7-9-18(24)10-8-16/h4-10,13-14,21H,2-3,11-12,15H2,1H3,(H,25,29)(H,26,27)/t21-/m0/s1. The van der Waals surface area contributed by atoms with Gasteiger partial charge in [-0.2, -0.15) is 5.10 Å². The number of rotatable bonds is 7. The smallest absolute Gasteiger partial charge is 0.255 e. The van der Waals surface area contributed by atoms with Crippen molar-refractivity contribution >= 4 is 17.5 Å². The molecule has 0 spiro atoms. The van der Waals surface area contributed by atoms with Crippen molar-refractivity contribution < 1.29 is 9.53 Å². The van der Waals surface area contributed by atoms with Crippen LogP contribution in [0.2, 0.25) is 5.02 Å². The van der Waals surface area contributed by atoms with Crippen LogP contribution in [0.15, 0.2) is 54.7 Å². The maximum absolute atomic E-state index is 13.0. The second kappa shape index (κ2) is 9.32. The zero-order valence-corrected chi connectivity index (χ0v) is 17.7. The van der Waals surface area contributed by atoms with E-state index in [0.717, 1.165) is 30.0 Å². The molecule has 7 heteroatoms. The third-order valence-electron chi connectivity index (χ3n) is 5.53. The van der Waals surface area contributed by atoms with Crippen LogP contribution in [0.1, 0.15) is 34.8 Å². The second-order valence-electron chi connectivity index (χ2n) is 7.41. The number of amides is 1. The van der Waals surface area contributed by atoms with Crippen LogP contribution < -0.4 is 10.1 Å². The number of hydrogen-bond acceptors (Lipinski definition) is 4. The van der Waals surface area contributed by atoms with Crippen LogP contribution in [0.4, 0.5) is 0 Å². The van der Waals surface area contributed by atoms with Crippen molar-refractivity contribution in [3.63, 3.8) is 0 Å². The molecule has 0 aliphatic carbocycles. The van der Waals surface area contributed by atoms with Gasteiger partial charge >= 0.3 is 0 Å². The number of aromatic amines is 1. The average Bonchev–Trinajstić information content (AvgIpc) is 3.47. The first-order chi connectivity index (χ1) is 14.7. The van der Waals surface area contributed by atoms with Crippen molar-refractivity contribution in [2.75, 3.05) is 26.7 Å². The monoisotopic (exact) mass is 424 g/mol. The number of H-pyrrole nitrogens is 1. The van der Waals surface area contributed by atoms with E-state index in [0.29, 0.717) is 22.8 Å². The molecule has 2 aromatic carbocycles. The van der Waals surface area contributed by atoms with Gasteiger partial charge in [-0.25, -0.2) is 0 Å². The second-order valence-corrected chi connectivity index (χ2v) is 7.85. The summed E-state index contributed by atoms with van der Waals surface area (Å²) in [5.74, 6) is 0.670. The fourth-order valence-electron chi connectivity index (χ4n) is 3.94. The van der Waals surface area contributed by atoms with Crippen LogP contribution in [-0.2, 0) is 0 Å². The molecule has 2 heterocycles. The predicted octanol–water partition coefficient (Wildman–Crippen LogP) is 4.31. The van der Waals surface area contributed by atoms with Gasteiger partial charge in [0.05, 0.1) is 30.6 Å². The van der Waals surface area contributed by atoms with Crippen molar-refractivity contribution in [1.29, 1.82) is 0 Å². The minimum absolute atomic E-state index is 0.0948. The van der Waals surface area contributed by atoms with Gasteiger partial charge < -0.3 is 10.1 Å². The summed E-state index contributed by atoms with van der Waals surface area (Å²) < 4.78 is 5.40. The van der Waals surface area contributed by atoms with Crippen molar-refractivity contribution in [1.82, 2.24) is 20.4 Å². The van der Waals surface area contributed by atoms with E-state index < -0.39 is 0 Å². The van der Waals surface area contributed by atoms with Crippen molar-refractivity contribution in [2.24, 2.45) is 0 Å². The Labute approximate surface area is 181 Å². The van der Waals surface area contributed by atoms with E-state index in [4.69, 9.17) is 16.3 Å². The number of ether oxygens (including phenoxy) is 1. The Morgan fingerprint density at radius 2 is 2.00 bits per heavy atom. The number of carbonyl (C=O) groups is 1. The van der Waals surface area contributed by atoms with Crippen LogP contribution in [0.5, 0.6) is 5.75 Å². The maximum atomic E-state index is 13.0. The summed E-state index contributed by atoms with van der Waals surface area (Å²) in [6.45, 7) is 2.57. The van der Waals surface area contributed by atoms with E-state index in [1.807, 2.05) is 30.3 Å². The van der Waals surface area contributed by atoms with Gasteiger partial charge in [-0.15, -0.1) is 0 Å². The topological polar surface area (TPSA) is 70.2 Å². The molecule has 0 bridgehead atoms. The van der Waals surface area contributed by atoms with Crippen LogP contribution in [0.25, 0.3) is 11.3 Å². The van der Waals surface area contributed by atoms with E-state index >= 15 is 0 Å². The summed E-state index contributed by atoms with van der Waals surface area (Å²) in [5, 5.41) is 10.8. The van der Waals surface area contributed by atoms with Gasteiger partial charge in [0, 0.05) is 17.1 Å². The zero-order valence-electron chi connectivity index (χ0n) is 16.9. The number of benzene rings is 2. The largest absolute Gasteiger partial charge is 0.497 e. The normalized spacial score (nSPS) is 15.1. The highest BCUT2D eigenvalue weighted by Gasteiger charge is 2.25. The van der Waals surface area contributed by atoms with Gasteiger partial charge in [0.1, 0.15) is 5.75 Å². The van der Waals surface area contributed by atoms with Gasteiger partial charge in [0.25, 0.3) is 5.91 Å². The predicted molar refractivity (Wildman–Crippen MR) is 118 cm³/mol. The fourth-order valence-corrected chi connectivity index (χ4v) is 4.07. The average molecular weight is 425 g/mol. The lowest BCUT2D eigenvalue weighted by Gasteiger charge is -2.28. The molecular weight excluding hydrogens is 400 g/mol. The van der Waals surface area contributed by atoms with E-state index in [-0.39, 0.29) is 11.9 Å². The number of halogens is 1. The molecule has 4 rings (SSSR count). The number of hydrogen-bond donors (Lipinski definition) is 2. The van der Waals surface area contributed by atoms with Crippen molar-refractivity contribution in [3.05, 3.63) is 70.9 Å². The molecule has 1 aliphatic rings. The van der Waals surface area contributed by atoms with E-state index in [1.54, 1.807) is 25.4 Å². The summed E-state index contributed by atoms with van der Waals surface area (Å²) in [6, 6.07) is 15.5. The highest BCUT2D eigenvalue weighted by molar-refractivity contribution is 6.30. The summed E-state index contributed by atoms with van der Waals surface area (Å²) in [4.78, 5) is 15.4. The Bertz CT molecular complexity index is 996. The SMILES string of the molecule is COc1cccc([C@H](CNC(=O)c2cn[nH]c2-c2ccc(Cl)cc2)N2CCCC2)c1. The first kappa shape index (κ1) is 20.4. The summed E-state index contributed by atoms with van der Waals surface area (Å²) in [5.41, 5.74) is 3.21. The quantitative estimate of drug-likeness (QED) is 0.593. The van der Waals surface area contributed by atoms with Gasteiger partial charge in [0.2, 0.25) is 0 Å². The summed E-state index contributed by atoms with van der Waals surface area (Å²) in [6.07, 6.45) is 3.92. The number of aromatic nitrogens is 2. The Morgan fingerprint density at radius 1 is 1.23 bits per heavy atom. The molecule has 156 valence electrons. The van der Waals surface area contributed by atoms with Crippen LogP contribution >= 0.6 is 11.6 Å². The van der Waals surface area contributed by atoms with Crippen LogP contribution in [-0.4, -0.2) is 47.7 Å². The van der Waals surface area contributed by atoms with Gasteiger partial charge in [0.15, 0.2) is 0 Å². The van der Waals surface area contributed by atoms with Crippen molar-refractivity contribution in [3.8, 4) is 17.0 Å². The van der Waals surface area contributed by atoms with E-state index in [1.165, 1.54) is 12.8 Å².